The SMILES string of the molecule is C=CC(=O)Cc1cccc(CNc2nc(N[C@H]3CCN(C)C3)ncc2Cl)c1. The number of ketones is 1. The highest BCUT2D eigenvalue weighted by atomic mass is 35.5. The molecule has 2 N–H and O–H groups in total. The van der Waals surface area contributed by atoms with E-state index in [1.807, 2.05) is 24.3 Å². The molecule has 1 atom stereocenters. The molecule has 0 saturated carbocycles. The standard InChI is InChI=1S/C20H24ClN5O/c1-3-17(27)10-14-5-4-6-15(9-14)11-22-19-18(21)12-23-20(25-19)24-16-7-8-26(2)13-16/h3-6,9,12,16H,1,7-8,10-11,13H2,2H3,(H2,22,23,24,25)/t16-/m0/s1. The van der Waals surface area contributed by atoms with E-state index in [1.165, 1.54) is 6.08 Å². The van der Waals surface area contributed by atoms with E-state index in [0.29, 0.717) is 35.8 Å². The average Bonchev–Trinajstić information content (AvgIpc) is 3.07. The third-order valence-electron chi connectivity index (χ3n) is 4.53. The zero-order valence-corrected chi connectivity index (χ0v) is 16.2. The van der Waals surface area contributed by atoms with Crippen LogP contribution in [-0.2, 0) is 17.8 Å². The van der Waals surface area contributed by atoms with Crippen LogP contribution >= 0.6 is 11.6 Å². The van der Waals surface area contributed by atoms with Crippen LogP contribution in [0.15, 0.2) is 43.1 Å². The van der Waals surface area contributed by atoms with Crippen molar-refractivity contribution >= 4 is 29.2 Å². The first-order valence-corrected chi connectivity index (χ1v) is 9.36. The molecule has 0 aliphatic carbocycles. The molecule has 7 heteroatoms. The van der Waals surface area contributed by atoms with Crippen LogP contribution in [0.25, 0.3) is 0 Å². The first-order valence-electron chi connectivity index (χ1n) is 8.98. The fourth-order valence-electron chi connectivity index (χ4n) is 3.10. The minimum Gasteiger partial charge on any atom is -0.365 e. The number of allylic oxidation sites excluding steroid dienone is 1. The number of benzene rings is 1. The van der Waals surface area contributed by atoms with Gasteiger partial charge >= 0.3 is 0 Å². The summed E-state index contributed by atoms with van der Waals surface area (Å²) in [6.45, 7) is 6.12. The van der Waals surface area contributed by atoms with Crippen molar-refractivity contribution < 1.29 is 4.79 Å². The predicted octanol–water partition coefficient (Wildman–Crippen LogP) is 3.16. The Morgan fingerprint density at radius 3 is 3.00 bits per heavy atom. The molecule has 2 aromatic rings. The quantitative estimate of drug-likeness (QED) is 0.680. The number of nitrogens with zero attached hydrogens (tertiary/aromatic N) is 3. The minimum atomic E-state index is 0.00669. The van der Waals surface area contributed by atoms with Crippen molar-refractivity contribution in [1.29, 1.82) is 0 Å². The second kappa shape index (κ2) is 8.97. The molecule has 6 nitrogen and oxygen atoms in total. The molecule has 1 saturated heterocycles. The Morgan fingerprint density at radius 2 is 2.26 bits per heavy atom. The Bertz CT molecular complexity index is 826. The Morgan fingerprint density at radius 1 is 1.44 bits per heavy atom. The molecule has 0 spiro atoms. The lowest BCUT2D eigenvalue weighted by Gasteiger charge is -2.14. The molecular weight excluding hydrogens is 362 g/mol. The van der Waals surface area contributed by atoms with E-state index >= 15 is 0 Å². The van der Waals surface area contributed by atoms with E-state index in [2.05, 4.69) is 39.1 Å². The van der Waals surface area contributed by atoms with Crippen molar-refractivity contribution in [3.8, 4) is 0 Å². The summed E-state index contributed by atoms with van der Waals surface area (Å²) >= 11 is 6.24. The third-order valence-corrected chi connectivity index (χ3v) is 4.80. The zero-order chi connectivity index (χ0) is 19.2. The maximum atomic E-state index is 11.5. The van der Waals surface area contributed by atoms with Crippen molar-refractivity contribution in [2.24, 2.45) is 0 Å². The van der Waals surface area contributed by atoms with Crippen LogP contribution in [0, 0.1) is 0 Å². The number of hydrogen-bond acceptors (Lipinski definition) is 6. The number of rotatable bonds is 8. The number of halogens is 1. The summed E-state index contributed by atoms with van der Waals surface area (Å²) in [6, 6.07) is 8.22. The highest BCUT2D eigenvalue weighted by molar-refractivity contribution is 6.32. The second-order valence-corrected chi connectivity index (χ2v) is 7.21. The Balaban J connectivity index is 1.63. The van der Waals surface area contributed by atoms with Crippen LogP contribution in [-0.4, -0.2) is 46.8 Å². The lowest BCUT2D eigenvalue weighted by molar-refractivity contribution is -0.114. The van der Waals surface area contributed by atoms with Gasteiger partial charge in [-0.15, -0.1) is 0 Å². The fourth-order valence-corrected chi connectivity index (χ4v) is 3.26. The molecule has 0 bridgehead atoms. The van der Waals surface area contributed by atoms with Gasteiger partial charge in [-0.25, -0.2) is 4.98 Å². The molecule has 0 radical (unpaired) electrons. The van der Waals surface area contributed by atoms with Gasteiger partial charge in [0.15, 0.2) is 11.6 Å². The number of nitrogens with one attached hydrogen (secondary N) is 2. The minimum absolute atomic E-state index is 0.00669. The molecule has 0 amide bonds. The van der Waals surface area contributed by atoms with E-state index < -0.39 is 0 Å². The Labute approximate surface area is 164 Å². The lowest BCUT2D eigenvalue weighted by atomic mass is 10.1. The number of anilines is 2. The van der Waals surface area contributed by atoms with Gasteiger partial charge in [0.2, 0.25) is 5.95 Å². The van der Waals surface area contributed by atoms with Crippen molar-refractivity contribution in [3.05, 3.63) is 59.3 Å². The molecule has 1 aromatic heterocycles. The van der Waals surface area contributed by atoms with Gasteiger partial charge in [-0.3, -0.25) is 4.79 Å². The van der Waals surface area contributed by atoms with Gasteiger partial charge in [-0.2, -0.15) is 4.98 Å². The van der Waals surface area contributed by atoms with Crippen LogP contribution in [0.1, 0.15) is 17.5 Å². The summed E-state index contributed by atoms with van der Waals surface area (Å²) in [7, 11) is 2.11. The summed E-state index contributed by atoms with van der Waals surface area (Å²) < 4.78 is 0. The van der Waals surface area contributed by atoms with E-state index in [9.17, 15) is 4.79 Å². The van der Waals surface area contributed by atoms with E-state index in [4.69, 9.17) is 11.6 Å². The number of carbonyl (C=O) groups excluding carboxylic acids is 1. The molecule has 3 rings (SSSR count). The van der Waals surface area contributed by atoms with Gasteiger partial charge in [-0.1, -0.05) is 42.4 Å². The number of aromatic nitrogens is 2. The summed E-state index contributed by atoms with van der Waals surface area (Å²) in [4.78, 5) is 22.6. The maximum absolute atomic E-state index is 11.5. The van der Waals surface area contributed by atoms with Crippen molar-refractivity contribution in [2.75, 3.05) is 30.8 Å². The summed E-state index contributed by atoms with van der Waals surface area (Å²) in [5.41, 5.74) is 2.01. The number of likely N-dealkylation sites (tertiary alicyclic amines) is 1. The summed E-state index contributed by atoms with van der Waals surface area (Å²) in [5.74, 6) is 1.17. The molecule has 27 heavy (non-hydrogen) atoms. The van der Waals surface area contributed by atoms with Crippen molar-refractivity contribution in [1.82, 2.24) is 14.9 Å². The number of likely N-dealkylation sites (N-methyl/N-ethyl adjacent to an activating group) is 1. The van der Waals surface area contributed by atoms with Crippen molar-refractivity contribution in [3.63, 3.8) is 0 Å². The fraction of sp³-hybridized carbons (Fsp3) is 0.350. The molecule has 142 valence electrons. The molecule has 1 aliphatic rings. The molecule has 1 aliphatic heterocycles. The normalized spacial score (nSPS) is 16.9. The van der Waals surface area contributed by atoms with Crippen LogP contribution in [0.3, 0.4) is 0 Å². The number of hydrogen-bond donors (Lipinski definition) is 2. The van der Waals surface area contributed by atoms with Crippen LogP contribution in [0.4, 0.5) is 11.8 Å². The van der Waals surface area contributed by atoms with Crippen LogP contribution < -0.4 is 10.6 Å². The highest BCUT2D eigenvalue weighted by Gasteiger charge is 2.20. The van der Waals surface area contributed by atoms with Gasteiger partial charge in [0.1, 0.15) is 5.02 Å². The van der Waals surface area contributed by atoms with Gasteiger partial charge < -0.3 is 15.5 Å². The monoisotopic (exact) mass is 385 g/mol. The number of carbonyl (C=O) groups is 1. The maximum Gasteiger partial charge on any atom is 0.224 e. The van der Waals surface area contributed by atoms with E-state index in [1.54, 1.807) is 6.20 Å². The van der Waals surface area contributed by atoms with E-state index in [0.717, 1.165) is 30.6 Å². The molecule has 2 heterocycles. The van der Waals surface area contributed by atoms with Gasteiger partial charge in [0, 0.05) is 25.6 Å². The highest BCUT2D eigenvalue weighted by Crippen LogP contribution is 2.21. The summed E-state index contributed by atoms with van der Waals surface area (Å²) in [6.07, 6.45) is 4.39. The third kappa shape index (κ3) is 5.52. The average molecular weight is 386 g/mol. The summed E-state index contributed by atoms with van der Waals surface area (Å²) in [5, 5.41) is 7.10. The second-order valence-electron chi connectivity index (χ2n) is 6.80. The first-order chi connectivity index (χ1) is 13.0. The predicted molar refractivity (Wildman–Crippen MR) is 109 cm³/mol. The largest absolute Gasteiger partial charge is 0.365 e. The topological polar surface area (TPSA) is 70.2 Å². The van der Waals surface area contributed by atoms with Crippen molar-refractivity contribution in [2.45, 2.75) is 25.4 Å². The van der Waals surface area contributed by atoms with Crippen LogP contribution in [0.5, 0.6) is 0 Å². The van der Waals surface area contributed by atoms with Gasteiger partial charge in [0.05, 0.1) is 6.20 Å². The molecule has 0 unspecified atom stereocenters. The Kier molecular flexibility index (Phi) is 6.42. The first kappa shape index (κ1) is 19.3. The lowest BCUT2D eigenvalue weighted by Crippen LogP contribution is -2.24. The Hall–Kier alpha value is -2.44. The zero-order valence-electron chi connectivity index (χ0n) is 15.4. The molecular formula is C20H24ClN5O. The van der Waals surface area contributed by atoms with Gasteiger partial charge in [0.25, 0.3) is 0 Å². The molecule has 1 aromatic carbocycles. The van der Waals surface area contributed by atoms with Crippen LogP contribution in [0.2, 0.25) is 5.02 Å². The molecule has 1 fully saturated rings. The van der Waals surface area contributed by atoms with Gasteiger partial charge in [-0.05, 0) is 37.2 Å². The van der Waals surface area contributed by atoms with E-state index in [-0.39, 0.29) is 5.78 Å². The smallest absolute Gasteiger partial charge is 0.224 e.